The van der Waals surface area contributed by atoms with Gasteiger partial charge in [-0.25, -0.2) is 0 Å². The second-order valence-corrected chi connectivity index (χ2v) is 7.72. The number of anilines is 1. The molecule has 22 heavy (non-hydrogen) atoms. The lowest BCUT2D eigenvalue weighted by Gasteiger charge is -2.13. The molecule has 0 atom stereocenters. The van der Waals surface area contributed by atoms with E-state index in [9.17, 15) is 23.1 Å². The third kappa shape index (κ3) is 4.70. The van der Waals surface area contributed by atoms with Crippen LogP contribution in [0.1, 0.15) is 0 Å². The Morgan fingerprint density at radius 3 is 2.27 bits per heavy atom. The van der Waals surface area contributed by atoms with E-state index in [4.69, 9.17) is 10.3 Å². The normalized spacial score (nSPS) is 12.6. The lowest BCUT2D eigenvalue weighted by Crippen LogP contribution is -2.03. The molecule has 0 aromatic heterocycles. The zero-order chi connectivity index (χ0) is 16.8. The maximum Gasteiger partial charge on any atom is 0.296 e. The summed E-state index contributed by atoms with van der Waals surface area (Å²) in [4.78, 5) is 30.9. The Hall–Kier alpha value is -1.61. The number of hydrogen-bond acceptors (Lipinski definition) is 11. The van der Waals surface area contributed by atoms with E-state index in [1.807, 2.05) is 0 Å². The monoisotopic (exact) mass is 370 g/mol. The largest absolute Gasteiger partial charge is 0.398 e. The first kappa shape index (κ1) is 18.4. The standard InChI is InChI=1S/C8H10N4O7S3/c9-7-2-1-6(5-8(7)21(16,17)18)20-4-3-19-22(10-13,11-14)12-15/h1-2,5H,3-4,9H2,(H,16,17,18). The van der Waals surface area contributed by atoms with Crippen LogP contribution in [0.4, 0.5) is 5.69 Å². The fraction of sp³-hybridized carbons (Fsp3) is 0.250. The number of nitrogens with two attached hydrogens (primary N) is 1. The van der Waals surface area contributed by atoms with Crippen molar-refractivity contribution in [2.45, 2.75) is 9.79 Å². The minimum atomic E-state index is -4.46. The molecule has 0 aliphatic carbocycles. The predicted molar refractivity (Wildman–Crippen MR) is 82.3 cm³/mol. The lowest BCUT2D eigenvalue weighted by molar-refractivity contribution is 0.386. The molecule has 1 aromatic carbocycles. The van der Waals surface area contributed by atoms with Crippen molar-refractivity contribution in [1.29, 1.82) is 0 Å². The van der Waals surface area contributed by atoms with Crippen molar-refractivity contribution in [2.75, 3.05) is 18.1 Å². The Balaban J connectivity index is 2.69. The van der Waals surface area contributed by atoms with Crippen LogP contribution < -0.4 is 5.73 Å². The van der Waals surface area contributed by atoms with Gasteiger partial charge >= 0.3 is 0 Å². The molecule has 14 heteroatoms. The van der Waals surface area contributed by atoms with Gasteiger partial charge in [-0.1, -0.05) is 0 Å². The van der Waals surface area contributed by atoms with Gasteiger partial charge in [0.15, 0.2) is 0 Å². The molecule has 0 heterocycles. The van der Waals surface area contributed by atoms with Crippen LogP contribution in [0.3, 0.4) is 0 Å². The van der Waals surface area contributed by atoms with Crippen molar-refractivity contribution >= 4 is 38.4 Å². The number of rotatable bonds is 9. The number of nitrogen functional groups attached to an aromatic ring is 1. The Kier molecular flexibility index (Phi) is 6.36. The molecule has 0 aliphatic rings. The van der Waals surface area contributed by atoms with Gasteiger partial charge in [-0.05, 0) is 18.2 Å². The highest BCUT2D eigenvalue weighted by molar-refractivity contribution is 8.26. The van der Waals surface area contributed by atoms with E-state index in [0.29, 0.717) is 4.90 Å². The predicted octanol–water partition coefficient (Wildman–Crippen LogP) is 2.39. The molecule has 3 N–H and O–H groups in total. The fourth-order valence-electron chi connectivity index (χ4n) is 1.24. The first-order chi connectivity index (χ1) is 10.3. The average Bonchev–Trinajstić information content (AvgIpc) is 2.48. The van der Waals surface area contributed by atoms with Gasteiger partial charge < -0.3 is 5.73 Å². The number of nitrogens with zero attached hydrogens (tertiary/aromatic N) is 3. The molecule has 0 bridgehead atoms. The molecule has 0 saturated heterocycles. The van der Waals surface area contributed by atoms with E-state index < -0.39 is 25.9 Å². The minimum Gasteiger partial charge on any atom is -0.398 e. The van der Waals surface area contributed by atoms with Crippen LogP contribution in [0, 0.1) is 14.7 Å². The molecule has 0 amide bonds. The van der Waals surface area contributed by atoms with Crippen molar-refractivity contribution in [3.8, 4) is 0 Å². The van der Waals surface area contributed by atoms with Crippen LogP contribution >= 0.6 is 22.6 Å². The molecule has 0 fully saturated rings. The van der Waals surface area contributed by atoms with Crippen molar-refractivity contribution in [3.63, 3.8) is 0 Å². The quantitative estimate of drug-likeness (QED) is 0.217. The van der Waals surface area contributed by atoms with Gasteiger partial charge in [0.25, 0.3) is 21.0 Å². The smallest absolute Gasteiger partial charge is 0.296 e. The first-order valence-electron chi connectivity index (χ1n) is 5.29. The summed E-state index contributed by atoms with van der Waals surface area (Å²) in [5, 5.41) is 0. The van der Waals surface area contributed by atoms with Gasteiger partial charge in [0.2, 0.25) is 0 Å². The summed E-state index contributed by atoms with van der Waals surface area (Å²) in [6, 6.07) is 3.92. The second-order valence-electron chi connectivity index (χ2n) is 3.54. The molecular weight excluding hydrogens is 360 g/mol. The Morgan fingerprint density at radius 2 is 1.77 bits per heavy atom. The van der Waals surface area contributed by atoms with E-state index in [0.717, 1.165) is 17.8 Å². The Bertz CT molecular complexity index is 659. The van der Waals surface area contributed by atoms with E-state index in [-0.39, 0.29) is 18.0 Å². The molecule has 0 radical (unpaired) electrons. The van der Waals surface area contributed by atoms with Gasteiger partial charge in [-0.2, -0.15) is 8.42 Å². The van der Waals surface area contributed by atoms with Gasteiger partial charge in [0.1, 0.15) is 4.90 Å². The van der Waals surface area contributed by atoms with Crippen molar-refractivity contribution in [2.24, 2.45) is 13.7 Å². The third-order valence-electron chi connectivity index (χ3n) is 2.15. The number of nitroso groups, excluding NO2 is 3. The minimum absolute atomic E-state index is 0.118. The maximum absolute atomic E-state index is 11.1. The molecular formula is C8H10N4O7S3. The molecule has 11 nitrogen and oxygen atoms in total. The van der Waals surface area contributed by atoms with Crippen molar-refractivity contribution < 1.29 is 17.2 Å². The highest BCUT2D eigenvalue weighted by atomic mass is 32.3. The van der Waals surface area contributed by atoms with Gasteiger partial charge in [-0.15, -0.1) is 26.5 Å². The van der Waals surface area contributed by atoms with Crippen LogP contribution in [-0.2, 0) is 14.3 Å². The van der Waals surface area contributed by atoms with Gasteiger partial charge in [-0.3, -0.25) is 8.74 Å². The molecule has 1 aromatic rings. The number of thioether (sulfide) groups is 1. The third-order valence-corrected chi connectivity index (χ3v) is 5.08. The SMILES string of the molecule is Nc1ccc(SCCOS(N=O)(N=O)N=O)cc1S(=O)(=O)O. The maximum atomic E-state index is 11.1. The topological polar surface area (TPSA) is 178 Å². The number of benzene rings is 1. The average molecular weight is 370 g/mol. The van der Waals surface area contributed by atoms with Crippen molar-refractivity contribution in [3.05, 3.63) is 32.9 Å². The zero-order valence-electron chi connectivity index (χ0n) is 10.7. The summed E-state index contributed by atoms with van der Waals surface area (Å²) >= 11 is 1.06. The van der Waals surface area contributed by atoms with E-state index in [2.05, 4.69) is 17.9 Å². The molecule has 0 aliphatic heterocycles. The fourth-order valence-corrected chi connectivity index (χ4v) is 3.35. The van der Waals surface area contributed by atoms with E-state index >= 15 is 0 Å². The van der Waals surface area contributed by atoms with E-state index in [1.54, 1.807) is 0 Å². The zero-order valence-corrected chi connectivity index (χ0v) is 13.1. The summed E-state index contributed by atoms with van der Waals surface area (Å²) in [6.45, 7) is -0.255. The first-order valence-corrected chi connectivity index (χ1v) is 9.14. The van der Waals surface area contributed by atoms with Gasteiger partial charge in [0, 0.05) is 10.6 Å². The van der Waals surface area contributed by atoms with Crippen LogP contribution in [0.2, 0.25) is 0 Å². The van der Waals surface area contributed by atoms with Crippen molar-refractivity contribution in [1.82, 2.24) is 0 Å². The Labute approximate surface area is 130 Å². The summed E-state index contributed by atoms with van der Waals surface area (Å²) in [6.07, 6.45) is 0. The van der Waals surface area contributed by atoms with Gasteiger partial charge in [0.05, 0.1) is 26.0 Å². The highest BCUT2D eigenvalue weighted by Gasteiger charge is 2.29. The molecule has 1 rings (SSSR count). The summed E-state index contributed by atoms with van der Waals surface area (Å²) in [5.41, 5.74) is 5.31. The van der Waals surface area contributed by atoms with Crippen LogP contribution in [0.25, 0.3) is 0 Å². The van der Waals surface area contributed by atoms with Crippen LogP contribution in [0.5, 0.6) is 0 Å². The van der Waals surface area contributed by atoms with Crippen LogP contribution in [-0.4, -0.2) is 25.3 Å². The lowest BCUT2D eigenvalue weighted by atomic mass is 10.3. The summed E-state index contributed by atoms with van der Waals surface area (Å²) in [7, 11) is -8.22. The molecule has 122 valence electrons. The second kappa shape index (κ2) is 7.59. The summed E-state index contributed by atoms with van der Waals surface area (Å²) < 4.78 is 42.3. The Morgan fingerprint density at radius 1 is 1.18 bits per heavy atom. The number of hydrogen-bond donors (Lipinski definition) is 2. The van der Waals surface area contributed by atoms with E-state index in [1.165, 1.54) is 12.1 Å². The highest BCUT2D eigenvalue weighted by Crippen LogP contribution is 2.53. The molecule has 0 unspecified atom stereocenters. The molecule has 0 saturated carbocycles. The summed E-state index contributed by atoms with van der Waals surface area (Å²) in [5.74, 6) is 0.129. The van der Waals surface area contributed by atoms with Crippen LogP contribution in [0.15, 0.2) is 41.7 Å². The molecule has 0 spiro atoms.